The Morgan fingerprint density at radius 1 is 1.09 bits per heavy atom. The van der Waals surface area contributed by atoms with Crippen molar-refractivity contribution < 1.29 is 19.4 Å². The lowest BCUT2D eigenvalue weighted by molar-refractivity contribution is -0.136. The molecule has 2 N–H and O–H groups in total. The monoisotopic (exact) mass is 453 g/mol. The Hall–Kier alpha value is -2.21. The number of carbonyl (C=O) groups is 2. The van der Waals surface area contributed by atoms with E-state index in [-0.39, 0.29) is 24.3 Å². The topological polar surface area (TPSA) is 75.6 Å². The molecule has 168 valence electrons. The number of carbonyl (C=O) groups excluding carboxylic acids is 2. The predicted octanol–water partition coefficient (Wildman–Crippen LogP) is 4.39. The Labute approximate surface area is 193 Å². The van der Waals surface area contributed by atoms with E-state index in [0.717, 1.165) is 32.1 Å². The summed E-state index contributed by atoms with van der Waals surface area (Å²) in [7, 11) is 1.57. The number of hydrogen-bond acceptors (Lipinski definition) is 4. The molecular weight excluding hydrogens is 426 g/mol. The van der Waals surface area contributed by atoms with Crippen LogP contribution in [-0.4, -0.2) is 35.5 Å². The Balaban J connectivity index is 1.38. The van der Waals surface area contributed by atoms with Crippen molar-refractivity contribution in [2.45, 2.75) is 50.4 Å². The summed E-state index contributed by atoms with van der Waals surface area (Å²) in [5.74, 6) is 0.932. The Kier molecular flexibility index (Phi) is 5.60. The van der Waals surface area contributed by atoms with E-state index in [1.807, 2.05) is 0 Å². The van der Waals surface area contributed by atoms with E-state index in [0.29, 0.717) is 45.0 Å². The van der Waals surface area contributed by atoms with E-state index in [9.17, 15) is 14.7 Å². The largest absolute Gasteiger partial charge is 0.390 e. The summed E-state index contributed by atoms with van der Waals surface area (Å²) in [6, 6.07) is 12.2. The SMILES string of the molecule is COCc1cc(C(=O)c2ccccc2Cl)ccc1C(=O)NC1C2CC3CC1CC(O)(C3)C2. The second-order valence-corrected chi connectivity index (χ2v) is 10.2. The van der Waals surface area contributed by atoms with Crippen molar-refractivity contribution in [1.82, 2.24) is 5.32 Å². The zero-order valence-electron chi connectivity index (χ0n) is 18.1. The highest BCUT2D eigenvalue weighted by molar-refractivity contribution is 6.35. The molecule has 2 aromatic carbocycles. The first-order chi connectivity index (χ1) is 15.4. The zero-order valence-corrected chi connectivity index (χ0v) is 18.9. The van der Waals surface area contributed by atoms with Crippen molar-refractivity contribution in [2.75, 3.05) is 7.11 Å². The van der Waals surface area contributed by atoms with Crippen LogP contribution in [0, 0.1) is 17.8 Å². The molecule has 0 saturated heterocycles. The second kappa shape index (κ2) is 8.29. The molecule has 0 heterocycles. The second-order valence-electron chi connectivity index (χ2n) is 9.81. The Bertz CT molecular complexity index is 1050. The molecule has 1 amide bonds. The number of ether oxygens (including phenoxy) is 1. The number of amides is 1. The highest BCUT2D eigenvalue weighted by atomic mass is 35.5. The van der Waals surface area contributed by atoms with Gasteiger partial charge in [0.1, 0.15) is 0 Å². The normalized spacial score (nSPS) is 30.3. The van der Waals surface area contributed by atoms with Crippen LogP contribution >= 0.6 is 11.6 Å². The zero-order chi connectivity index (χ0) is 22.5. The number of hydrogen-bond donors (Lipinski definition) is 2. The molecule has 4 aliphatic rings. The number of nitrogens with one attached hydrogen (secondary N) is 1. The van der Waals surface area contributed by atoms with Gasteiger partial charge in [-0.15, -0.1) is 0 Å². The standard InChI is InChI=1S/C26H28ClNO4/c1-32-14-19-10-16(24(29)21-4-2-3-5-22(21)27)6-7-20(19)25(30)28-23-17-8-15-9-18(23)13-26(31,11-15)12-17/h2-7,10,15,17-18,23,31H,8-9,11-14H2,1H3,(H,28,30). The summed E-state index contributed by atoms with van der Waals surface area (Å²) in [5, 5.41) is 14.5. The van der Waals surface area contributed by atoms with Gasteiger partial charge in [-0.2, -0.15) is 0 Å². The number of methoxy groups -OCH3 is 1. The van der Waals surface area contributed by atoms with Crippen LogP contribution in [-0.2, 0) is 11.3 Å². The molecule has 4 saturated carbocycles. The summed E-state index contributed by atoms with van der Waals surface area (Å²) in [6.07, 6.45) is 4.64. The molecule has 4 bridgehead atoms. The maximum absolute atomic E-state index is 13.3. The molecule has 6 heteroatoms. The number of rotatable bonds is 6. The van der Waals surface area contributed by atoms with Crippen molar-refractivity contribution in [3.05, 3.63) is 69.7 Å². The average molecular weight is 454 g/mol. The minimum absolute atomic E-state index is 0.0964. The third kappa shape index (κ3) is 3.87. The van der Waals surface area contributed by atoms with E-state index in [4.69, 9.17) is 16.3 Å². The van der Waals surface area contributed by atoms with Gasteiger partial charge in [0.2, 0.25) is 0 Å². The van der Waals surface area contributed by atoms with E-state index < -0.39 is 5.60 Å². The molecule has 0 aliphatic heterocycles. The minimum atomic E-state index is -0.528. The number of benzene rings is 2. The van der Waals surface area contributed by atoms with Crippen LogP contribution in [0.5, 0.6) is 0 Å². The van der Waals surface area contributed by atoms with Gasteiger partial charge < -0.3 is 15.2 Å². The van der Waals surface area contributed by atoms with Gasteiger partial charge >= 0.3 is 0 Å². The van der Waals surface area contributed by atoms with E-state index in [2.05, 4.69) is 5.32 Å². The quantitative estimate of drug-likeness (QED) is 0.636. The van der Waals surface area contributed by atoms with E-state index in [1.54, 1.807) is 49.6 Å². The molecule has 4 fully saturated rings. The molecule has 2 unspecified atom stereocenters. The van der Waals surface area contributed by atoms with Crippen LogP contribution < -0.4 is 5.32 Å². The van der Waals surface area contributed by atoms with Crippen LogP contribution in [0.4, 0.5) is 0 Å². The fourth-order valence-corrected chi connectivity index (χ4v) is 6.70. The lowest BCUT2D eigenvalue weighted by Gasteiger charge is -2.58. The Morgan fingerprint density at radius 3 is 2.47 bits per heavy atom. The molecule has 6 rings (SSSR count). The molecule has 4 aliphatic carbocycles. The third-order valence-corrected chi connectivity index (χ3v) is 7.90. The van der Waals surface area contributed by atoms with Crippen molar-refractivity contribution in [1.29, 1.82) is 0 Å². The van der Waals surface area contributed by atoms with Gasteiger partial charge in [-0.1, -0.05) is 29.8 Å². The lowest BCUT2D eigenvalue weighted by atomic mass is 9.52. The fourth-order valence-electron chi connectivity index (χ4n) is 6.48. The number of ketones is 1. The van der Waals surface area contributed by atoms with Crippen LogP contribution in [0.3, 0.4) is 0 Å². The summed E-state index contributed by atoms with van der Waals surface area (Å²) in [4.78, 5) is 26.3. The lowest BCUT2D eigenvalue weighted by Crippen LogP contribution is -2.61. The molecular formula is C26H28ClNO4. The van der Waals surface area contributed by atoms with Gasteiger partial charge in [0.05, 0.1) is 17.2 Å². The molecule has 0 radical (unpaired) electrons. The van der Waals surface area contributed by atoms with Crippen LogP contribution in [0.2, 0.25) is 5.02 Å². The summed E-state index contributed by atoms with van der Waals surface area (Å²) in [6.45, 7) is 0.228. The van der Waals surface area contributed by atoms with Crippen LogP contribution in [0.15, 0.2) is 42.5 Å². The summed E-state index contributed by atoms with van der Waals surface area (Å²) >= 11 is 6.20. The van der Waals surface area contributed by atoms with Gasteiger partial charge in [-0.25, -0.2) is 0 Å². The van der Waals surface area contributed by atoms with Gasteiger partial charge in [-0.3, -0.25) is 9.59 Å². The summed E-state index contributed by atoms with van der Waals surface area (Å²) < 4.78 is 5.33. The van der Waals surface area contributed by atoms with Gasteiger partial charge in [-0.05, 0) is 79.7 Å². The molecule has 32 heavy (non-hydrogen) atoms. The maximum atomic E-state index is 13.3. The first-order valence-electron chi connectivity index (χ1n) is 11.3. The van der Waals surface area contributed by atoms with Crippen LogP contribution in [0.1, 0.15) is 63.9 Å². The van der Waals surface area contributed by atoms with Crippen molar-refractivity contribution >= 4 is 23.3 Å². The van der Waals surface area contributed by atoms with Crippen molar-refractivity contribution in [2.24, 2.45) is 17.8 Å². The molecule has 0 aromatic heterocycles. The van der Waals surface area contributed by atoms with Crippen molar-refractivity contribution in [3.8, 4) is 0 Å². The Morgan fingerprint density at radius 2 is 1.81 bits per heavy atom. The highest BCUT2D eigenvalue weighted by Crippen LogP contribution is 2.55. The smallest absolute Gasteiger partial charge is 0.251 e. The predicted molar refractivity (Wildman–Crippen MR) is 122 cm³/mol. The van der Waals surface area contributed by atoms with Gasteiger partial charge in [0, 0.05) is 29.8 Å². The van der Waals surface area contributed by atoms with E-state index in [1.165, 1.54) is 0 Å². The first kappa shape index (κ1) is 21.6. The highest BCUT2D eigenvalue weighted by Gasteiger charge is 2.55. The van der Waals surface area contributed by atoms with Gasteiger partial charge in [0.15, 0.2) is 5.78 Å². The summed E-state index contributed by atoms with van der Waals surface area (Å²) in [5.41, 5.74) is 1.57. The third-order valence-electron chi connectivity index (χ3n) is 7.57. The first-order valence-corrected chi connectivity index (χ1v) is 11.7. The van der Waals surface area contributed by atoms with E-state index >= 15 is 0 Å². The minimum Gasteiger partial charge on any atom is -0.390 e. The molecule has 0 spiro atoms. The maximum Gasteiger partial charge on any atom is 0.251 e. The van der Waals surface area contributed by atoms with Crippen LogP contribution in [0.25, 0.3) is 0 Å². The van der Waals surface area contributed by atoms with Crippen molar-refractivity contribution in [3.63, 3.8) is 0 Å². The molecule has 5 nitrogen and oxygen atoms in total. The molecule has 2 atom stereocenters. The molecule has 2 aromatic rings. The van der Waals surface area contributed by atoms with Gasteiger partial charge in [0.25, 0.3) is 5.91 Å². The average Bonchev–Trinajstić information content (AvgIpc) is 2.75. The fraction of sp³-hybridized carbons (Fsp3) is 0.462. The number of halogens is 1. The number of aliphatic hydroxyl groups is 1.